The molecule has 1 heterocycles. The summed E-state index contributed by atoms with van der Waals surface area (Å²) < 4.78 is 28.6. The Labute approximate surface area is 185 Å². The van der Waals surface area contributed by atoms with Crippen LogP contribution in [0.3, 0.4) is 0 Å². The molecule has 6 heteroatoms. The number of nitrogens with zero attached hydrogens (tertiary/aromatic N) is 3. The highest BCUT2D eigenvalue weighted by Gasteiger charge is 2.54. The van der Waals surface area contributed by atoms with Crippen LogP contribution in [0.15, 0.2) is 54.2 Å². The molecule has 162 valence electrons. The third kappa shape index (κ3) is 3.16. The molecule has 2 aliphatic rings. The van der Waals surface area contributed by atoms with Crippen LogP contribution in [0.25, 0.3) is 11.8 Å². The van der Waals surface area contributed by atoms with Crippen molar-refractivity contribution < 1.29 is 13.9 Å². The maximum atomic E-state index is 13.5. The zero-order valence-electron chi connectivity index (χ0n) is 17.8. The largest absolute Gasteiger partial charge is 0.389 e. The van der Waals surface area contributed by atoms with Gasteiger partial charge in [-0.2, -0.15) is 10.4 Å². The lowest BCUT2D eigenvalue weighted by atomic mass is 9.65. The first-order chi connectivity index (χ1) is 15.3. The number of hydrogen-bond acceptors (Lipinski definition) is 3. The van der Waals surface area contributed by atoms with Crippen molar-refractivity contribution in [1.29, 1.82) is 5.26 Å². The Balaban J connectivity index is 1.44. The summed E-state index contributed by atoms with van der Waals surface area (Å²) >= 11 is 0. The van der Waals surface area contributed by atoms with Crippen molar-refractivity contribution in [3.63, 3.8) is 0 Å². The van der Waals surface area contributed by atoms with E-state index in [4.69, 9.17) is 0 Å². The first-order valence-corrected chi connectivity index (χ1v) is 10.8. The van der Waals surface area contributed by atoms with E-state index in [1.165, 1.54) is 29.8 Å². The van der Waals surface area contributed by atoms with Gasteiger partial charge in [-0.3, -0.25) is 0 Å². The number of aliphatic hydroxyl groups is 1. The van der Waals surface area contributed by atoms with Gasteiger partial charge in [-0.1, -0.05) is 18.6 Å². The molecular formula is C26H23F2N3O. The summed E-state index contributed by atoms with van der Waals surface area (Å²) in [5.41, 5.74) is 3.68. The molecule has 3 aromatic rings. The Morgan fingerprint density at radius 1 is 1.16 bits per heavy atom. The van der Waals surface area contributed by atoms with E-state index in [9.17, 15) is 19.1 Å². The molecule has 2 aliphatic carbocycles. The third-order valence-electron chi connectivity index (χ3n) is 7.36. The van der Waals surface area contributed by atoms with Gasteiger partial charge in [-0.25, -0.2) is 13.5 Å². The van der Waals surface area contributed by atoms with E-state index in [0.29, 0.717) is 31.2 Å². The molecule has 2 aromatic carbocycles. The van der Waals surface area contributed by atoms with Crippen LogP contribution < -0.4 is 0 Å². The minimum atomic E-state index is -0.935. The van der Waals surface area contributed by atoms with Gasteiger partial charge in [0.15, 0.2) is 0 Å². The van der Waals surface area contributed by atoms with E-state index < -0.39 is 16.8 Å². The fourth-order valence-electron chi connectivity index (χ4n) is 5.33. The lowest BCUT2D eigenvalue weighted by Gasteiger charge is -2.42. The molecule has 1 fully saturated rings. The van der Waals surface area contributed by atoms with Crippen molar-refractivity contribution in [3.8, 4) is 11.8 Å². The molecule has 0 spiro atoms. The van der Waals surface area contributed by atoms with Crippen LogP contribution in [0.5, 0.6) is 0 Å². The molecule has 1 N–H and O–H groups in total. The topological polar surface area (TPSA) is 61.8 Å². The highest BCUT2D eigenvalue weighted by atomic mass is 19.1. The standard InChI is InChI=1S/C26H23F2N3O/c1-25-14-19-16-30-31(23-6-4-21(27)5-7-23)24(19)13-20(25)9-11-26(25,32)10-8-17-2-3-22(28)12-18(17)15-29/h2-7,12-13,16,32H,8-11,14H2,1H3/t25-,26-/m0/s1. The van der Waals surface area contributed by atoms with Gasteiger partial charge in [0.05, 0.1) is 34.8 Å². The van der Waals surface area contributed by atoms with Gasteiger partial charge in [0.25, 0.3) is 0 Å². The fourth-order valence-corrected chi connectivity index (χ4v) is 5.33. The molecule has 32 heavy (non-hydrogen) atoms. The van der Waals surface area contributed by atoms with Crippen molar-refractivity contribution in [3.05, 3.63) is 88.3 Å². The van der Waals surface area contributed by atoms with Crippen LogP contribution in [0.2, 0.25) is 0 Å². The van der Waals surface area contributed by atoms with E-state index in [0.717, 1.165) is 28.9 Å². The van der Waals surface area contributed by atoms with E-state index in [2.05, 4.69) is 24.2 Å². The summed E-state index contributed by atoms with van der Waals surface area (Å²) in [5, 5.41) is 25.6. The SMILES string of the molecule is C[C@]12Cc3cnn(-c4ccc(F)cc4)c3C=C1CC[C@@]2(O)CCc1ccc(F)cc1C#N. The van der Waals surface area contributed by atoms with Crippen molar-refractivity contribution >= 4 is 6.08 Å². The van der Waals surface area contributed by atoms with Crippen molar-refractivity contribution in [2.75, 3.05) is 0 Å². The molecule has 0 unspecified atom stereocenters. The second-order valence-electron chi connectivity index (χ2n) is 9.07. The zero-order valence-corrected chi connectivity index (χ0v) is 17.8. The average molecular weight is 431 g/mol. The lowest BCUT2D eigenvalue weighted by Crippen LogP contribution is -2.45. The molecule has 2 atom stereocenters. The quantitative estimate of drug-likeness (QED) is 0.623. The zero-order chi connectivity index (χ0) is 22.5. The van der Waals surface area contributed by atoms with Gasteiger partial charge in [-0.05, 0) is 85.7 Å². The molecule has 5 rings (SSSR count). The second-order valence-corrected chi connectivity index (χ2v) is 9.07. The summed E-state index contributed by atoms with van der Waals surface area (Å²) in [6.45, 7) is 2.10. The van der Waals surface area contributed by atoms with Gasteiger partial charge in [0, 0.05) is 5.41 Å². The third-order valence-corrected chi connectivity index (χ3v) is 7.36. The van der Waals surface area contributed by atoms with E-state index in [1.54, 1.807) is 18.2 Å². The number of fused-ring (bicyclic) bond motifs is 2. The molecule has 0 amide bonds. The minimum Gasteiger partial charge on any atom is -0.389 e. The molecule has 1 aromatic heterocycles. The summed E-state index contributed by atoms with van der Waals surface area (Å²) in [5.74, 6) is -0.720. The Bertz CT molecular complexity index is 1270. The Morgan fingerprint density at radius 2 is 1.91 bits per heavy atom. The van der Waals surface area contributed by atoms with Crippen molar-refractivity contribution in [2.45, 2.75) is 44.6 Å². The first kappa shape index (κ1) is 20.6. The van der Waals surface area contributed by atoms with Crippen LogP contribution in [-0.4, -0.2) is 20.5 Å². The number of hydrogen-bond donors (Lipinski definition) is 1. The second kappa shape index (κ2) is 7.39. The highest BCUT2D eigenvalue weighted by Crippen LogP contribution is 2.56. The predicted molar refractivity (Wildman–Crippen MR) is 117 cm³/mol. The van der Waals surface area contributed by atoms with Crippen LogP contribution in [0.1, 0.15) is 48.6 Å². The molecule has 1 saturated carbocycles. The summed E-state index contributed by atoms with van der Waals surface area (Å²) in [6.07, 6.45) is 6.99. The van der Waals surface area contributed by atoms with Crippen LogP contribution in [0, 0.1) is 28.4 Å². The fraction of sp³-hybridized carbons (Fsp3) is 0.308. The molecule has 0 radical (unpaired) electrons. The number of rotatable bonds is 4. The minimum absolute atomic E-state index is 0.290. The molecule has 0 saturated heterocycles. The lowest BCUT2D eigenvalue weighted by molar-refractivity contribution is -0.0461. The van der Waals surface area contributed by atoms with Crippen LogP contribution >= 0.6 is 0 Å². The normalized spacial score (nSPS) is 23.9. The number of benzene rings is 2. The van der Waals surface area contributed by atoms with Gasteiger partial charge in [-0.15, -0.1) is 0 Å². The first-order valence-electron chi connectivity index (χ1n) is 10.8. The summed E-state index contributed by atoms with van der Waals surface area (Å²) in [7, 11) is 0. The van der Waals surface area contributed by atoms with Crippen molar-refractivity contribution in [2.24, 2.45) is 5.41 Å². The summed E-state index contributed by atoms with van der Waals surface area (Å²) in [4.78, 5) is 0. The number of aryl methyl sites for hydroxylation is 1. The van der Waals surface area contributed by atoms with Gasteiger partial charge < -0.3 is 5.11 Å². The Kier molecular flexibility index (Phi) is 4.75. The molecule has 4 nitrogen and oxygen atoms in total. The predicted octanol–water partition coefficient (Wildman–Crippen LogP) is 5.13. The van der Waals surface area contributed by atoms with E-state index in [1.807, 2.05) is 10.9 Å². The highest BCUT2D eigenvalue weighted by molar-refractivity contribution is 5.62. The Hall–Kier alpha value is -3.30. The number of nitriles is 1. The molecule has 0 bridgehead atoms. The number of halogens is 2. The monoisotopic (exact) mass is 431 g/mol. The van der Waals surface area contributed by atoms with Crippen LogP contribution in [-0.2, 0) is 12.8 Å². The van der Waals surface area contributed by atoms with Crippen LogP contribution in [0.4, 0.5) is 8.78 Å². The van der Waals surface area contributed by atoms with Gasteiger partial charge in [0.2, 0.25) is 0 Å². The molecule has 0 aliphatic heterocycles. The number of aromatic nitrogens is 2. The maximum absolute atomic E-state index is 13.5. The smallest absolute Gasteiger partial charge is 0.124 e. The average Bonchev–Trinajstić information content (AvgIpc) is 3.29. The molecular weight excluding hydrogens is 408 g/mol. The van der Waals surface area contributed by atoms with Gasteiger partial charge >= 0.3 is 0 Å². The summed E-state index contributed by atoms with van der Waals surface area (Å²) in [6, 6.07) is 12.5. The Morgan fingerprint density at radius 3 is 2.66 bits per heavy atom. The van der Waals surface area contributed by atoms with Gasteiger partial charge in [0.1, 0.15) is 11.6 Å². The van der Waals surface area contributed by atoms with E-state index >= 15 is 0 Å². The van der Waals surface area contributed by atoms with E-state index in [-0.39, 0.29) is 5.82 Å². The maximum Gasteiger partial charge on any atom is 0.124 e. The van der Waals surface area contributed by atoms with Crippen molar-refractivity contribution in [1.82, 2.24) is 9.78 Å².